The molecule has 1 fully saturated rings. The summed E-state index contributed by atoms with van der Waals surface area (Å²) in [7, 11) is 0. The van der Waals surface area contributed by atoms with Gasteiger partial charge in [-0.25, -0.2) is 0 Å². The van der Waals surface area contributed by atoms with Gasteiger partial charge in [-0.05, 0) is 67.3 Å². The molecular formula is C32H33NO6. The van der Waals surface area contributed by atoms with Crippen LogP contribution in [-0.4, -0.2) is 41.0 Å². The van der Waals surface area contributed by atoms with E-state index in [9.17, 15) is 14.7 Å². The molecule has 0 saturated carbocycles. The van der Waals surface area contributed by atoms with Crippen molar-refractivity contribution in [1.29, 1.82) is 0 Å². The van der Waals surface area contributed by atoms with E-state index < -0.39 is 17.7 Å². The summed E-state index contributed by atoms with van der Waals surface area (Å²) in [5.74, 6) is 0.299. The highest BCUT2D eigenvalue weighted by atomic mass is 16.5. The predicted molar refractivity (Wildman–Crippen MR) is 148 cm³/mol. The Morgan fingerprint density at radius 2 is 1.79 bits per heavy atom. The zero-order chi connectivity index (χ0) is 27.5. The van der Waals surface area contributed by atoms with Crippen molar-refractivity contribution in [3.8, 4) is 17.2 Å². The summed E-state index contributed by atoms with van der Waals surface area (Å²) < 4.78 is 17.5. The van der Waals surface area contributed by atoms with E-state index in [1.165, 1.54) is 4.90 Å². The smallest absolute Gasteiger partial charge is 0.295 e. The van der Waals surface area contributed by atoms with Crippen LogP contribution in [0.5, 0.6) is 17.2 Å². The second kappa shape index (κ2) is 11.2. The molecule has 0 radical (unpaired) electrons. The molecule has 1 N–H and O–H groups in total. The molecule has 2 heterocycles. The van der Waals surface area contributed by atoms with Crippen LogP contribution in [0.1, 0.15) is 55.5 Å². The molecule has 2 aliphatic heterocycles. The molecule has 2 aliphatic rings. The summed E-state index contributed by atoms with van der Waals surface area (Å²) in [5, 5.41) is 11.5. The Bertz CT molecular complexity index is 1410. The summed E-state index contributed by atoms with van der Waals surface area (Å²) in [5.41, 5.74) is 3.00. The van der Waals surface area contributed by atoms with Crippen LogP contribution < -0.4 is 14.2 Å². The lowest BCUT2D eigenvalue weighted by Crippen LogP contribution is -2.29. The van der Waals surface area contributed by atoms with Crippen molar-refractivity contribution >= 4 is 17.4 Å². The molecule has 0 aliphatic carbocycles. The monoisotopic (exact) mass is 527 g/mol. The zero-order valence-electron chi connectivity index (χ0n) is 22.5. The maximum Gasteiger partial charge on any atom is 0.295 e. The molecular weight excluding hydrogens is 494 g/mol. The number of ketones is 1. The van der Waals surface area contributed by atoms with Crippen LogP contribution in [-0.2, 0) is 22.6 Å². The Balaban J connectivity index is 1.63. The Morgan fingerprint density at radius 3 is 2.54 bits per heavy atom. The molecule has 1 amide bonds. The lowest BCUT2D eigenvalue weighted by molar-refractivity contribution is -0.140. The Hall–Kier alpha value is -4.26. The minimum absolute atomic E-state index is 0.0410. The number of likely N-dealkylation sites (tertiary alicyclic amines) is 1. The third kappa shape index (κ3) is 5.21. The van der Waals surface area contributed by atoms with E-state index >= 15 is 0 Å². The third-order valence-electron chi connectivity index (χ3n) is 6.95. The van der Waals surface area contributed by atoms with Crippen LogP contribution in [0.15, 0.2) is 72.3 Å². The first kappa shape index (κ1) is 26.4. The fourth-order valence-corrected chi connectivity index (χ4v) is 5.19. The molecule has 7 nitrogen and oxygen atoms in total. The highest BCUT2D eigenvalue weighted by molar-refractivity contribution is 6.46. The molecule has 39 heavy (non-hydrogen) atoms. The maximum atomic E-state index is 13.5. The molecule has 7 heteroatoms. The number of hydrogen-bond donors (Lipinski definition) is 1. The van der Waals surface area contributed by atoms with Crippen molar-refractivity contribution in [2.24, 2.45) is 0 Å². The van der Waals surface area contributed by atoms with Gasteiger partial charge in [0.1, 0.15) is 17.6 Å². The predicted octanol–water partition coefficient (Wildman–Crippen LogP) is 5.82. The maximum absolute atomic E-state index is 13.5. The highest BCUT2D eigenvalue weighted by Crippen LogP contribution is 2.43. The van der Waals surface area contributed by atoms with E-state index in [4.69, 9.17) is 14.2 Å². The number of Topliss-reactive ketones (excluding diaryl/α,β-unsaturated/α-hetero) is 1. The SMILES string of the molecule is CCCOc1ccc([C@@H]2/C(=C(\O)c3ccc4c(c3)C[C@@H](C)O4)C(=O)C(=O)N2Cc2ccccc2)cc1OCC. The van der Waals surface area contributed by atoms with Gasteiger partial charge >= 0.3 is 0 Å². The van der Waals surface area contributed by atoms with E-state index in [1.807, 2.05) is 63.2 Å². The van der Waals surface area contributed by atoms with E-state index in [-0.39, 0.29) is 24.0 Å². The van der Waals surface area contributed by atoms with Gasteiger partial charge < -0.3 is 24.2 Å². The third-order valence-corrected chi connectivity index (χ3v) is 6.95. The van der Waals surface area contributed by atoms with Crippen molar-refractivity contribution in [2.75, 3.05) is 13.2 Å². The van der Waals surface area contributed by atoms with Gasteiger partial charge in [0.25, 0.3) is 11.7 Å². The second-order valence-corrected chi connectivity index (χ2v) is 9.86. The summed E-state index contributed by atoms with van der Waals surface area (Å²) in [6.45, 7) is 7.06. The van der Waals surface area contributed by atoms with Gasteiger partial charge in [-0.3, -0.25) is 9.59 Å². The van der Waals surface area contributed by atoms with Crippen LogP contribution in [0.2, 0.25) is 0 Å². The minimum atomic E-state index is -0.812. The summed E-state index contributed by atoms with van der Waals surface area (Å²) in [6.07, 6.45) is 1.59. The van der Waals surface area contributed by atoms with Gasteiger partial charge in [0.05, 0.1) is 24.8 Å². The first-order chi connectivity index (χ1) is 18.9. The number of amides is 1. The molecule has 5 rings (SSSR count). The molecule has 1 saturated heterocycles. The van der Waals surface area contributed by atoms with E-state index in [0.29, 0.717) is 42.3 Å². The van der Waals surface area contributed by atoms with Crippen LogP contribution in [0.25, 0.3) is 5.76 Å². The van der Waals surface area contributed by atoms with Gasteiger partial charge in [-0.2, -0.15) is 0 Å². The number of hydrogen-bond acceptors (Lipinski definition) is 6. The molecule has 3 aromatic carbocycles. The van der Waals surface area contributed by atoms with Crippen LogP contribution in [0, 0.1) is 0 Å². The number of benzene rings is 3. The van der Waals surface area contributed by atoms with Gasteiger partial charge in [0.15, 0.2) is 11.5 Å². The molecule has 3 aromatic rings. The van der Waals surface area contributed by atoms with Crippen LogP contribution in [0.4, 0.5) is 0 Å². The minimum Gasteiger partial charge on any atom is -0.507 e. The summed E-state index contributed by atoms with van der Waals surface area (Å²) >= 11 is 0. The first-order valence-electron chi connectivity index (χ1n) is 13.4. The van der Waals surface area contributed by atoms with Crippen LogP contribution >= 0.6 is 0 Å². The van der Waals surface area contributed by atoms with Gasteiger partial charge in [-0.1, -0.05) is 43.3 Å². The lowest BCUT2D eigenvalue weighted by atomic mass is 9.94. The second-order valence-electron chi connectivity index (χ2n) is 9.86. The number of ether oxygens (including phenoxy) is 3. The molecule has 0 spiro atoms. The van der Waals surface area contributed by atoms with Crippen molar-refractivity contribution in [3.05, 3.63) is 94.6 Å². The van der Waals surface area contributed by atoms with Crippen molar-refractivity contribution in [2.45, 2.75) is 52.3 Å². The Labute approximate surface area is 228 Å². The van der Waals surface area contributed by atoms with E-state index in [1.54, 1.807) is 24.3 Å². The zero-order valence-corrected chi connectivity index (χ0v) is 22.5. The number of rotatable bonds is 9. The van der Waals surface area contributed by atoms with Crippen molar-refractivity contribution < 1.29 is 28.9 Å². The average molecular weight is 528 g/mol. The number of carbonyl (C=O) groups excluding carboxylic acids is 2. The van der Waals surface area contributed by atoms with Crippen LogP contribution in [0.3, 0.4) is 0 Å². The number of aliphatic hydroxyl groups excluding tert-OH is 1. The number of nitrogens with zero attached hydrogens (tertiary/aromatic N) is 1. The largest absolute Gasteiger partial charge is 0.507 e. The van der Waals surface area contributed by atoms with E-state index in [0.717, 1.165) is 23.3 Å². The highest BCUT2D eigenvalue weighted by Gasteiger charge is 2.46. The fraction of sp³-hybridized carbons (Fsp3) is 0.312. The number of carbonyl (C=O) groups is 2. The average Bonchev–Trinajstić information content (AvgIpc) is 3.43. The summed E-state index contributed by atoms with van der Waals surface area (Å²) in [6, 6.07) is 19.5. The van der Waals surface area contributed by atoms with Gasteiger partial charge in [-0.15, -0.1) is 0 Å². The first-order valence-corrected chi connectivity index (χ1v) is 13.4. The topological polar surface area (TPSA) is 85.3 Å². The van der Waals surface area contributed by atoms with E-state index in [2.05, 4.69) is 0 Å². The van der Waals surface area contributed by atoms with Gasteiger partial charge in [0, 0.05) is 18.5 Å². The normalized spacial score (nSPS) is 19.6. The van der Waals surface area contributed by atoms with Gasteiger partial charge in [0.2, 0.25) is 0 Å². The van der Waals surface area contributed by atoms with Crippen molar-refractivity contribution in [1.82, 2.24) is 4.90 Å². The lowest BCUT2D eigenvalue weighted by Gasteiger charge is -2.26. The molecule has 0 aromatic heterocycles. The molecule has 2 atom stereocenters. The summed E-state index contributed by atoms with van der Waals surface area (Å²) in [4.78, 5) is 28.5. The fourth-order valence-electron chi connectivity index (χ4n) is 5.19. The Morgan fingerprint density at radius 1 is 1.00 bits per heavy atom. The van der Waals surface area contributed by atoms with Crippen molar-refractivity contribution in [3.63, 3.8) is 0 Å². The quantitative estimate of drug-likeness (QED) is 0.214. The Kier molecular flexibility index (Phi) is 7.59. The molecule has 0 unspecified atom stereocenters. The standard InChI is InChI=1S/C32H33NO6/c1-4-15-38-26-14-11-22(18-27(26)37-5-2)29-28(30(34)23-12-13-25-24(17-23)16-20(3)39-25)31(35)32(36)33(29)19-21-9-7-6-8-10-21/h6-14,17-18,20,29,34H,4-5,15-16,19H2,1-3H3/b30-28+/t20-,29-/m1/s1. The number of aliphatic hydroxyl groups is 1. The molecule has 202 valence electrons. The molecule has 0 bridgehead atoms. The number of fused-ring (bicyclic) bond motifs is 1.